The lowest BCUT2D eigenvalue weighted by molar-refractivity contribution is 0.0607. The predicted octanol–water partition coefficient (Wildman–Crippen LogP) is 4.79. The lowest BCUT2D eigenvalue weighted by atomic mass is 9.87. The standard InChI is InChI=1S/C20H21NO4S2/c1-20(2,3)13-9-11-14(12-10-13)27(23,24)21-17-15-7-5-6-8-16(15)26-18(17)19(22)25-4/h5-12,21H,1-4H3. The van der Waals surface area contributed by atoms with Crippen LogP contribution in [0, 0.1) is 0 Å². The molecule has 0 fully saturated rings. The fourth-order valence-electron chi connectivity index (χ4n) is 2.71. The number of methoxy groups -OCH3 is 1. The largest absolute Gasteiger partial charge is 0.465 e. The van der Waals surface area contributed by atoms with Crippen LogP contribution >= 0.6 is 11.3 Å². The number of carbonyl (C=O) groups excluding carboxylic acids is 1. The van der Waals surface area contributed by atoms with E-state index in [2.05, 4.69) is 25.5 Å². The van der Waals surface area contributed by atoms with Crippen LogP contribution in [0.5, 0.6) is 0 Å². The molecule has 7 heteroatoms. The van der Waals surface area contributed by atoms with Crippen LogP contribution in [0.25, 0.3) is 10.1 Å². The van der Waals surface area contributed by atoms with Gasteiger partial charge in [0.2, 0.25) is 0 Å². The summed E-state index contributed by atoms with van der Waals surface area (Å²) in [6.07, 6.45) is 0. The van der Waals surface area contributed by atoms with Crippen LogP contribution in [0.1, 0.15) is 36.0 Å². The molecular weight excluding hydrogens is 382 g/mol. The number of sulfonamides is 1. The van der Waals surface area contributed by atoms with E-state index in [1.54, 1.807) is 24.3 Å². The van der Waals surface area contributed by atoms with Crippen molar-refractivity contribution in [3.63, 3.8) is 0 Å². The number of hydrogen-bond acceptors (Lipinski definition) is 5. The molecule has 0 atom stereocenters. The highest BCUT2D eigenvalue weighted by molar-refractivity contribution is 7.92. The molecule has 1 heterocycles. The van der Waals surface area contributed by atoms with E-state index in [9.17, 15) is 13.2 Å². The number of hydrogen-bond donors (Lipinski definition) is 1. The van der Waals surface area contributed by atoms with E-state index in [1.165, 1.54) is 18.4 Å². The molecule has 2 aromatic carbocycles. The molecule has 5 nitrogen and oxygen atoms in total. The minimum atomic E-state index is -3.85. The number of fused-ring (bicyclic) bond motifs is 1. The number of nitrogens with one attached hydrogen (secondary N) is 1. The van der Waals surface area contributed by atoms with Crippen LogP contribution in [-0.4, -0.2) is 21.5 Å². The summed E-state index contributed by atoms with van der Waals surface area (Å²) in [7, 11) is -2.58. The van der Waals surface area contributed by atoms with Crippen molar-refractivity contribution in [3.05, 3.63) is 59.0 Å². The highest BCUT2D eigenvalue weighted by Crippen LogP contribution is 2.37. The SMILES string of the molecule is COC(=O)c1sc2ccccc2c1NS(=O)(=O)c1ccc(C(C)(C)C)cc1. The molecule has 0 radical (unpaired) electrons. The van der Waals surface area contributed by atoms with E-state index < -0.39 is 16.0 Å². The van der Waals surface area contributed by atoms with Crippen LogP contribution in [0.2, 0.25) is 0 Å². The third-order valence-electron chi connectivity index (χ3n) is 4.23. The Balaban J connectivity index is 2.04. The zero-order valence-corrected chi connectivity index (χ0v) is 17.2. The maximum atomic E-state index is 12.9. The minimum Gasteiger partial charge on any atom is -0.465 e. The zero-order chi connectivity index (χ0) is 19.8. The van der Waals surface area contributed by atoms with Crippen molar-refractivity contribution in [1.29, 1.82) is 0 Å². The Hall–Kier alpha value is -2.38. The Morgan fingerprint density at radius 1 is 1.04 bits per heavy atom. The second kappa shape index (κ2) is 6.98. The van der Waals surface area contributed by atoms with Crippen molar-refractivity contribution in [1.82, 2.24) is 0 Å². The normalized spacial score (nSPS) is 12.1. The first kappa shape index (κ1) is 19.4. The van der Waals surface area contributed by atoms with Gasteiger partial charge in [-0.25, -0.2) is 13.2 Å². The molecule has 0 aliphatic rings. The van der Waals surface area contributed by atoms with Gasteiger partial charge < -0.3 is 4.74 Å². The van der Waals surface area contributed by atoms with Crippen LogP contribution in [0.4, 0.5) is 5.69 Å². The lowest BCUT2D eigenvalue weighted by Gasteiger charge is -2.19. The van der Waals surface area contributed by atoms with Crippen LogP contribution < -0.4 is 4.72 Å². The van der Waals surface area contributed by atoms with Crippen molar-refractivity contribution in [2.24, 2.45) is 0 Å². The van der Waals surface area contributed by atoms with Gasteiger partial charge in [0.25, 0.3) is 10.0 Å². The highest BCUT2D eigenvalue weighted by atomic mass is 32.2. The summed E-state index contributed by atoms with van der Waals surface area (Å²) in [6.45, 7) is 6.19. The average Bonchev–Trinajstić information content (AvgIpc) is 2.98. The second-order valence-electron chi connectivity index (χ2n) is 7.17. The van der Waals surface area contributed by atoms with Crippen molar-refractivity contribution in [2.45, 2.75) is 31.1 Å². The molecule has 1 N–H and O–H groups in total. The molecule has 0 aliphatic heterocycles. The van der Waals surface area contributed by atoms with E-state index in [-0.39, 0.29) is 20.9 Å². The van der Waals surface area contributed by atoms with E-state index in [4.69, 9.17) is 4.74 Å². The van der Waals surface area contributed by atoms with Gasteiger partial charge in [0.15, 0.2) is 0 Å². The number of carbonyl (C=O) groups is 1. The van der Waals surface area contributed by atoms with Gasteiger partial charge in [-0.05, 0) is 29.2 Å². The topological polar surface area (TPSA) is 72.5 Å². The van der Waals surface area contributed by atoms with E-state index in [0.29, 0.717) is 5.39 Å². The average molecular weight is 404 g/mol. The van der Waals surface area contributed by atoms with Crippen molar-refractivity contribution < 1.29 is 17.9 Å². The summed E-state index contributed by atoms with van der Waals surface area (Å²) in [5.41, 5.74) is 1.22. The zero-order valence-electron chi connectivity index (χ0n) is 15.6. The monoisotopic (exact) mass is 403 g/mol. The van der Waals surface area contributed by atoms with Crippen LogP contribution in [0.15, 0.2) is 53.4 Å². The van der Waals surface area contributed by atoms with Crippen molar-refractivity contribution in [3.8, 4) is 0 Å². The molecule has 0 saturated heterocycles. The quantitative estimate of drug-likeness (QED) is 0.636. The van der Waals surface area contributed by atoms with Gasteiger partial charge in [0, 0.05) is 10.1 Å². The number of ether oxygens (including phenoxy) is 1. The molecule has 1 aromatic heterocycles. The van der Waals surface area contributed by atoms with Gasteiger partial charge in [0.1, 0.15) is 4.88 Å². The lowest BCUT2D eigenvalue weighted by Crippen LogP contribution is -2.16. The number of benzene rings is 2. The summed E-state index contributed by atoms with van der Waals surface area (Å²) in [4.78, 5) is 12.5. The Labute approximate surface area is 163 Å². The van der Waals surface area contributed by atoms with Gasteiger partial charge in [-0.3, -0.25) is 4.72 Å². The van der Waals surface area contributed by atoms with E-state index in [1.807, 2.05) is 24.3 Å². The Bertz CT molecular complexity index is 1090. The Morgan fingerprint density at radius 3 is 2.26 bits per heavy atom. The smallest absolute Gasteiger partial charge is 0.350 e. The van der Waals surface area contributed by atoms with Crippen LogP contribution in [-0.2, 0) is 20.2 Å². The fraction of sp³-hybridized carbons (Fsp3) is 0.250. The van der Waals surface area contributed by atoms with Gasteiger partial charge in [-0.2, -0.15) is 0 Å². The fourth-order valence-corrected chi connectivity index (χ4v) is 4.94. The van der Waals surface area contributed by atoms with Gasteiger partial charge in [-0.15, -0.1) is 11.3 Å². The summed E-state index contributed by atoms with van der Waals surface area (Å²) in [5, 5.41) is 0.665. The molecule has 0 aliphatic carbocycles. The summed E-state index contributed by atoms with van der Waals surface area (Å²) >= 11 is 1.20. The molecule has 0 unspecified atom stereocenters. The van der Waals surface area contributed by atoms with E-state index >= 15 is 0 Å². The van der Waals surface area contributed by atoms with E-state index in [0.717, 1.165) is 10.3 Å². The molecule has 0 amide bonds. The summed E-state index contributed by atoms with van der Waals surface area (Å²) in [6, 6.07) is 14.0. The first-order valence-corrected chi connectivity index (χ1v) is 10.7. The minimum absolute atomic E-state index is 0.0721. The molecule has 3 aromatic rings. The molecule has 142 valence electrons. The molecule has 3 rings (SSSR count). The molecule has 0 bridgehead atoms. The van der Waals surface area contributed by atoms with Gasteiger partial charge >= 0.3 is 5.97 Å². The molecule has 27 heavy (non-hydrogen) atoms. The maximum Gasteiger partial charge on any atom is 0.350 e. The third kappa shape index (κ3) is 3.84. The predicted molar refractivity (Wildman–Crippen MR) is 109 cm³/mol. The number of thiophene rings is 1. The third-order valence-corrected chi connectivity index (χ3v) is 6.75. The first-order valence-electron chi connectivity index (χ1n) is 8.37. The second-order valence-corrected chi connectivity index (χ2v) is 9.91. The number of anilines is 1. The van der Waals surface area contributed by atoms with Crippen molar-refractivity contribution in [2.75, 3.05) is 11.8 Å². The summed E-state index contributed by atoms with van der Waals surface area (Å²) in [5.74, 6) is -0.572. The molecule has 0 saturated carbocycles. The molecule has 0 spiro atoms. The van der Waals surface area contributed by atoms with Gasteiger partial charge in [0.05, 0.1) is 17.7 Å². The summed E-state index contributed by atoms with van der Waals surface area (Å²) < 4.78 is 34.0. The molecular formula is C20H21NO4S2. The van der Waals surface area contributed by atoms with Crippen molar-refractivity contribution >= 4 is 43.1 Å². The maximum absolute atomic E-state index is 12.9. The Kier molecular flexibility index (Phi) is 5.01. The van der Waals surface area contributed by atoms with Gasteiger partial charge in [-0.1, -0.05) is 51.1 Å². The number of rotatable bonds is 4. The highest BCUT2D eigenvalue weighted by Gasteiger charge is 2.24. The number of esters is 1. The van der Waals surface area contributed by atoms with Crippen LogP contribution in [0.3, 0.4) is 0 Å². The Morgan fingerprint density at radius 2 is 1.67 bits per heavy atom. The first-order chi connectivity index (χ1) is 12.6.